The quantitative estimate of drug-likeness (QED) is 0.324. The average Bonchev–Trinajstić information content (AvgIpc) is 1.00. The van der Waals surface area contributed by atoms with Gasteiger partial charge in [0.05, 0.1) is 0 Å². The van der Waals surface area contributed by atoms with Crippen LogP contribution in [0.25, 0.3) is 0 Å². The molecule has 0 aliphatic rings. The van der Waals surface area contributed by atoms with Crippen molar-refractivity contribution in [1.29, 1.82) is 0 Å². The van der Waals surface area contributed by atoms with Crippen LogP contribution in [0.3, 0.4) is 0 Å². The fourth-order valence-corrected chi connectivity index (χ4v) is 0. The zero-order valence-electron chi connectivity index (χ0n) is 1.89. The van der Waals surface area contributed by atoms with Gasteiger partial charge in [-0.05, 0) is 0 Å². The third kappa shape index (κ3) is 14.6. The van der Waals surface area contributed by atoms with Gasteiger partial charge in [-0.2, -0.15) is 0 Å². The molecule has 4 heavy (non-hydrogen) atoms. The molecule has 2 nitrogen and oxygen atoms in total. The molecular formula is H2O2PTi+3. The van der Waals surface area contributed by atoms with Gasteiger partial charge in [-0.25, -0.2) is 0 Å². The average molecular weight is 113 g/mol. The van der Waals surface area contributed by atoms with Crippen molar-refractivity contribution in [1.82, 2.24) is 0 Å². The summed E-state index contributed by atoms with van der Waals surface area (Å²) in [6.45, 7) is 0. The third-order valence-electron chi connectivity index (χ3n) is 0. The Morgan fingerprint density at radius 2 is 1.25 bits per heavy atom. The van der Waals surface area contributed by atoms with E-state index in [4.69, 9.17) is 4.57 Å². The predicted molar refractivity (Wildman–Crippen MR) is 11.1 cm³/mol. The fraction of sp³-hybridized carbons (Fsp3) is 0. The monoisotopic (exact) mass is 113 g/mol. The minimum atomic E-state index is 0. The molecule has 0 N–H and O–H groups in total. The van der Waals surface area contributed by atoms with Crippen LogP contribution in [-0.2, 0) is 31.8 Å². The summed E-state index contributed by atoms with van der Waals surface area (Å²) in [4.78, 5) is 0. The molecule has 0 aromatic rings. The Morgan fingerprint density at radius 3 is 1.25 bits per heavy atom. The zero-order valence-corrected chi connectivity index (χ0v) is 4.61. The van der Waals surface area contributed by atoms with Crippen LogP contribution in [0.4, 0.5) is 0 Å². The van der Waals surface area contributed by atoms with Crippen molar-refractivity contribution in [3.63, 3.8) is 0 Å². The van der Waals surface area contributed by atoms with Crippen LogP contribution in [0, 0.1) is 0 Å². The molecule has 20 valence electrons. The SMILES string of the molecule is O=[PH2+].[O-2].[Ti+4]. The fourth-order valence-electron chi connectivity index (χ4n) is 0. The maximum atomic E-state index is 8.17. The summed E-state index contributed by atoms with van der Waals surface area (Å²) < 4.78 is 8.17. The van der Waals surface area contributed by atoms with E-state index < -0.39 is 0 Å². The molecule has 0 aromatic carbocycles. The third-order valence-corrected chi connectivity index (χ3v) is 0. The van der Waals surface area contributed by atoms with Gasteiger partial charge in [-0.15, -0.1) is 0 Å². The van der Waals surface area contributed by atoms with Gasteiger partial charge >= 0.3 is 30.8 Å². The van der Waals surface area contributed by atoms with Crippen molar-refractivity contribution >= 4 is 9.12 Å². The Morgan fingerprint density at radius 1 is 1.25 bits per heavy atom. The van der Waals surface area contributed by atoms with E-state index in [1.807, 2.05) is 0 Å². The molecule has 0 saturated heterocycles. The maximum Gasteiger partial charge on any atom is 4.00 e. The van der Waals surface area contributed by atoms with E-state index >= 15 is 0 Å². The molecule has 4 heteroatoms. The predicted octanol–water partition coefficient (Wildman–Crippen LogP) is 0.0857. The Balaban J connectivity index is -0.00000000500. The van der Waals surface area contributed by atoms with Crippen LogP contribution in [0.15, 0.2) is 0 Å². The van der Waals surface area contributed by atoms with Crippen molar-refractivity contribution in [2.45, 2.75) is 0 Å². The van der Waals surface area contributed by atoms with Gasteiger partial charge in [0.2, 0.25) is 0 Å². The summed E-state index contributed by atoms with van der Waals surface area (Å²) in [5.41, 5.74) is 0. The second kappa shape index (κ2) is 48.5. The molecule has 0 aliphatic carbocycles. The Hall–Kier alpha value is 0.774. The Labute approximate surface area is 41.4 Å². The molecule has 0 heterocycles. The topological polar surface area (TPSA) is 45.6 Å². The van der Waals surface area contributed by atoms with Gasteiger partial charge in [0.1, 0.15) is 0 Å². The van der Waals surface area contributed by atoms with Crippen LogP contribution in [0.2, 0.25) is 0 Å². The number of hydrogen-bond donors (Lipinski definition) is 0. The van der Waals surface area contributed by atoms with E-state index in [1.54, 1.807) is 0 Å². The van der Waals surface area contributed by atoms with Crippen molar-refractivity contribution in [3.05, 3.63) is 0 Å². The summed E-state index contributed by atoms with van der Waals surface area (Å²) in [7, 11) is 1.17. The van der Waals surface area contributed by atoms with E-state index in [-0.39, 0.29) is 27.2 Å². The van der Waals surface area contributed by atoms with E-state index in [2.05, 4.69) is 0 Å². The van der Waals surface area contributed by atoms with Crippen LogP contribution < -0.4 is 0 Å². The van der Waals surface area contributed by atoms with Crippen molar-refractivity contribution in [2.75, 3.05) is 0 Å². The summed E-state index contributed by atoms with van der Waals surface area (Å²) in [6.07, 6.45) is 0. The summed E-state index contributed by atoms with van der Waals surface area (Å²) >= 11 is 0. The maximum absolute atomic E-state index is 8.17. The molecule has 0 fully saturated rings. The van der Waals surface area contributed by atoms with Crippen LogP contribution in [-0.4, -0.2) is 0 Å². The molecule has 0 rings (SSSR count). The van der Waals surface area contributed by atoms with E-state index in [9.17, 15) is 0 Å². The Kier molecular flexibility index (Phi) is 262. The van der Waals surface area contributed by atoms with Crippen molar-refractivity contribution < 1.29 is 31.8 Å². The van der Waals surface area contributed by atoms with Gasteiger partial charge < -0.3 is 5.48 Å². The molecule has 0 saturated carbocycles. The van der Waals surface area contributed by atoms with Gasteiger partial charge in [-0.1, -0.05) is 4.57 Å². The van der Waals surface area contributed by atoms with Crippen molar-refractivity contribution in [3.8, 4) is 0 Å². The summed E-state index contributed by atoms with van der Waals surface area (Å²) in [6, 6.07) is 0. The smallest absolute Gasteiger partial charge is 2.00 e. The van der Waals surface area contributed by atoms with Crippen LogP contribution in [0.5, 0.6) is 0 Å². The molecule has 0 radical (unpaired) electrons. The second-order valence-electron chi connectivity index (χ2n) is 0. The normalized spacial score (nSPS) is 1.00. The molecule has 0 aliphatic heterocycles. The van der Waals surface area contributed by atoms with Gasteiger partial charge in [0.25, 0.3) is 0 Å². The number of hydrogen-bond acceptors (Lipinski definition) is 1. The second-order valence-corrected chi connectivity index (χ2v) is 0. The van der Waals surface area contributed by atoms with Crippen LogP contribution in [0.1, 0.15) is 0 Å². The first kappa shape index (κ1) is 21.6. The molecule has 1 atom stereocenters. The first-order chi connectivity index (χ1) is 1.00. The first-order valence-corrected chi connectivity index (χ1v) is 0.707. The van der Waals surface area contributed by atoms with Gasteiger partial charge in [-0.3, -0.25) is 0 Å². The van der Waals surface area contributed by atoms with Gasteiger partial charge in [0, 0.05) is 0 Å². The molecule has 0 spiro atoms. The van der Waals surface area contributed by atoms with Crippen molar-refractivity contribution in [2.24, 2.45) is 0 Å². The van der Waals surface area contributed by atoms with E-state index in [0.717, 1.165) is 0 Å². The number of rotatable bonds is 0. The standard InChI is InChI=1S/H2OP.O.Ti/c1-2;;/h2H2;;/q+1;-2;+4. The van der Waals surface area contributed by atoms with E-state index in [0.29, 0.717) is 0 Å². The van der Waals surface area contributed by atoms with Gasteiger partial charge in [0.15, 0.2) is 0 Å². The minimum absolute atomic E-state index is 0. The Bertz CT molecular complexity index is 6.00. The molecule has 0 bridgehead atoms. The largest absolute Gasteiger partial charge is 4.00 e. The summed E-state index contributed by atoms with van der Waals surface area (Å²) in [5, 5.41) is 0. The molecular weight excluding hydrogens is 111 g/mol. The van der Waals surface area contributed by atoms with E-state index in [1.165, 1.54) is 9.12 Å². The zero-order chi connectivity index (χ0) is 2.00. The first-order valence-electron chi connectivity index (χ1n) is 0.236. The molecule has 0 aromatic heterocycles. The molecule has 0 amide bonds. The summed E-state index contributed by atoms with van der Waals surface area (Å²) in [5.74, 6) is 0. The molecule has 1 unspecified atom stereocenters. The van der Waals surface area contributed by atoms with Crippen LogP contribution >= 0.6 is 9.12 Å². The minimum Gasteiger partial charge on any atom is -2.00 e.